The van der Waals surface area contributed by atoms with Crippen molar-refractivity contribution in [3.05, 3.63) is 34.1 Å². The summed E-state index contributed by atoms with van der Waals surface area (Å²) in [5, 5.41) is 3.64. The topological polar surface area (TPSA) is 12.0 Å². The third-order valence-electron chi connectivity index (χ3n) is 4.54. The monoisotopic (exact) mass is 325 g/mol. The van der Waals surface area contributed by atoms with Gasteiger partial charge < -0.3 is 5.32 Å². The number of rotatable bonds is 6. The fourth-order valence-electron chi connectivity index (χ4n) is 2.91. The molecular formula is C16H21BrFN. The minimum atomic E-state index is -0.0681. The molecular weight excluding hydrogens is 305 g/mol. The predicted molar refractivity (Wildman–Crippen MR) is 79.7 cm³/mol. The lowest BCUT2D eigenvalue weighted by Crippen LogP contribution is -2.36. The van der Waals surface area contributed by atoms with Crippen LogP contribution in [0.4, 0.5) is 4.39 Å². The standard InChI is InChI=1S/C16H21BrFN/c1-16(12-2-3-12,10-19-14-5-6-14)9-11-8-13(17)4-7-15(11)18/h4,7-8,12,14,19H,2-3,5-6,9-10H2,1H3. The highest BCUT2D eigenvalue weighted by Gasteiger charge is 2.42. The Morgan fingerprint density at radius 1 is 1.32 bits per heavy atom. The van der Waals surface area contributed by atoms with Crippen LogP contribution in [0.1, 0.15) is 38.2 Å². The van der Waals surface area contributed by atoms with Crippen LogP contribution in [0.15, 0.2) is 22.7 Å². The average molecular weight is 326 g/mol. The lowest BCUT2D eigenvalue weighted by molar-refractivity contribution is 0.252. The fraction of sp³-hybridized carbons (Fsp3) is 0.625. The molecule has 0 aromatic heterocycles. The maximum absolute atomic E-state index is 14.0. The predicted octanol–water partition coefficient (Wildman–Crippen LogP) is 4.30. The Labute approximate surface area is 123 Å². The first-order valence-electron chi connectivity index (χ1n) is 7.24. The molecule has 1 aromatic carbocycles. The Bertz CT molecular complexity index is 468. The smallest absolute Gasteiger partial charge is 0.126 e. The van der Waals surface area contributed by atoms with E-state index in [1.165, 1.54) is 25.7 Å². The molecule has 0 saturated heterocycles. The van der Waals surface area contributed by atoms with Crippen LogP contribution < -0.4 is 5.32 Å². The summed E-state index contributed by atoms with van der Waals surface area (Å²) in [4.78, 5) is 0. The van der Waals surface area contributed by atoms with Crippen molar-refractivity contribution in [1.82, 2.24) is 5.32 Å². The molecule has 2 aliphatic rings. The summed E-state index contributed by atoms with van der Waals surface area (Å²) in [5.41, 5.74) is 1.05. The van der Waals surface area contributed by atoms with E-state index in [1.807, 2.05) is 6.07 Å². The Hall–Kier alpha value is -0.410. The van der Waals surface area contributed by atoms with Crippen molar-refractivity contribution in [3.8, 4) is 0 Å². The number of nitrogens with one attached hydrogen (secondary N) is 1. The van der Waals surface area contributed by atoms with Crippen LogP contribution in [0.5, 0.6) is 0 Å². The lowest BCUT2D eigenvalue weighted by atomic mass is 9.78. The van der Waals surface area contributed by atoms with Crippen LogP contribution in [0.3, 0.4) is 0 Å². The first-order chi connectivity index (χ1) is 9.07. The van der Waals surface area contributed by atoms with E-state index in [1.54, 1.807) is 12.1 Å². The molecule has 0 spiro atoms. The fourth-order valence-corrected chi connectivity index (χ4v) is 3.32. The first-order valence-corrected chi connectivity index (χ1v) is 8.03. The highest BCUT2D eigenvalue weighted by atomic mass is 79.9. The summed E-state index contributed by atoms with van der Waals surface area (Å²) in [7, 11) is 0. The molecule has 1 atom stereocenters. The van der Waals surface area contributed by atoms with Gasteiger partial charge in [0, 0.05) is 17.1 Å². The van der Waals surface area contributed by atoms with Gasteiger partial charge in [-0.2, -0.15) is 0 Å². The molecule has 1 aromatic rings. The number of hydrogen-bond donors (Lipinski definition) is 1. The molecule has 1 nitrogen and oxygen atoms in total. The molecule has 0 aliphatic heterocycles. The second kappa shape index (κ2) is 5.17. The van der Waals surface area contributed by atoms with Gasteiger partial charge in [-0.1, -0.05) is 22.9 Å². The van der Waals surface area contributed by atoms with Crippen LogP contribution >= 0.6 is 15.9 Å². The normalized spacial score (nSPS) is 22.3. The molecule has 104 valence electrons. The van der Waals surface area contributed by atoms with Gasteiger partial charge in [-0.15, -0.1) is 0 Å². The minimum Gasteiger partial charge on any atom is -0.313 e. The Balaban J connectivity index is 1.73. The molecule has 2 saturated carbocycles. The number of halogens is 2. The Kier molecular flexibility index (Phi) is 3.69. The van der Waals surface area contributed by atoms with Gasteiger partial charge in [0.2, 0.25) is 0 Å². The number of benzene rings is 1. The van der Waals surface area contributed by atoms with Gasteiger partial charge in [-0.3, -0.25) is 0 Å². The average Bonchev–Trinajstić information content (AvgIpc) is 3.24. The Morgan fingerprint density at radius 2 is 2.05 bits per heavy atom. The van der Waals surface area contributed by atoms with Crippen molar-refractivity contribution >= 4 is 15.9 Å². The second-order valence-corrected chi connectivity index (χ2v) is 7.41. The molecule has 1 N–H and O–H groups in total. The SMILES string of the molecule is CC(CNC1CC1)(Cc1cc(Br)ccc1F)C1CC1. The zero-order chi connectivity index (χ0) is 13.5. The molecule has 1 unspecified atom stereocenters. The van der Waals surface area contributed by atoms with E-state index in [4.69, 9.17) is 0 Å². The van der Waals surface area contributed by atoms with E-state index < -0.39 is 0 Å². The summed E-state index contributed by atoms with van der Waals surface area (Å²) in [6, 6.07) is 6.01. The van der Waals surface area contributed by atoms with Crippen molar-refractivity contribution in [2.24, 2.45) is 11.3 Å². The van der Waals surface area contributed by atoms with Crippen LogP contribution in [0.25, 0.3) is 0 Å². The van der Waals surface area contributed by atoms with E-state index in [-0.39, 0.29) is 11.2 Å². The summed E-state index contributed by atoms with van der Waals surface area (Å²) in [6.07, 6.45) is 6.07. The summed E-state index contributed by atoms with van der Waals surface area (Å²) in [6.45, 7) is 3.34. The molecule has 0 heterocycles. The zero-order valence-electron chi connectivity index (χ0n) is 11.4. The van der Waals surface area contributed by atoms with Crippen molar-refractivity contribution in [3.63, 3.8) is 0 Å². The summed E-state index contributed by atoms with van der Waals surface area (Å²) in [5.74, 6) is 0.693. The highest BCUT2D eigenvalue weighted by molar-refractivity contribution is 9.10. The highest BCUT2D eigenvalue weighted by Crippen LogP contribution is 2.47. The van der Waals surface area contributed by atoms with Gasteiger partial charge in [0.15, 0.2) is 0 Å². The quantitative estimate of drug-likeness (QED) is 0.822. The van der Waals surface area contributed by atoms with E-state index in [0.29, 0.717) is 0 Å². The molecule has 3 heteroatoms. The van der Waals surface area contributed by atoms with Gasteiger partial charge in [0.25, 0.3) is 0 Å². The van der Waals surface area contributed by atoms with Gasteiger partial charge in [-0.25, -0.2) is 4.39 Å². The van der Waals surface area contributed by atoms with E-state index >= 15 is 0 Å². The van der Waals surface area contributed by atoms with E-state index in [9.17, 15) is 4.39 Å². The van der Waals surface area contributed by atoms with Crippen molar-refractivity contribution in [2.75, 3.05) is 6.54 Å². The number of hydrogen-bond acceptors (Lipinski definition) is 1. The van der Waals surface area contributed by atoms with Crippen LogP contribution in [-0.4, -0.2) is 12.6 Å². The molecule has 2 aliphatic carbocycles. The molecule has 0 radical (unpaired) electrons. The second-order valence-electron chi connectivity index (χ2n) is 6.50. The minimum absolute atomic E-state index is 0.0681. The van der Waals surface area contributed by atoms with Gasteiger partial charge in [0.05, 0.1) is 0 Å². The lowest BCUT2D eigenvalue weighted by Gasteiger charge is -2.30. The van der Waals surface area contributed by atoms with Crippen LogP contribution in [-0.2, 0) is 6.42 Å². The maximum Gasteiger partial charge on any atom is 0.126 e. The zero-order valence-corrected chi connectivity index (χ0v) is 13.0. The van der Waals surface area contributed by atoms with Gasteiger partial charge in [-0.05, 0) is 67.2 Å². The van der Waals surface area contributed by atoms with Crippen molar-refractivity contribution in [2.45, 2.75) is 45.1 Å². The van der Waals surface area contributed by atoms with Crippen LogP contribution in [0, 0.1) is 17.2 Å². The third-order valence-corrected chi connectivity index (χ3v) is 5.03. The van der Waals surface area contributed by atoms with Crippen molar-refractivity contribution in [1.29, 1.82) is 0 Å². The van der Waals surface area contributed by atoms with Crippen molar-refractivity contribution < 1.29 is 4.39 Å². The maximum atomic E-state index is 14.0. The molecule has 3 rings (SSSR count). The molecule has 0 bridgehead atoms. The Morgan fingerprint density at radius 3 is 2.68 bits per heavy atom. The molecule has 19 heavy (non-hydrogen) atoms. The third kappa shape index (κ3) is 3.38. The largest absolute Gasteiger partial charge is 0.313 e. The van der Waals surface area contributed by atoms with Gasteiger partial charge >= 0.3 is 0 Å². The summed E-state index contributed by atoms with van der Waals surface area (Å²) >= 11 is 3.45. The molecule has 0 amide bonds. The van der Waals surface area contributed by atoms with Crippen LogP contribution in [0.2, 0.25) is 0 Å². The van der Waals surface area contributed by atoms with Gasteiger partial charge in [0.1, 0.15) is 5.82 Å². The van der Waals surface area contributed by atoms with E-state index in [2.05, 4.69) is 28.2 Å². The summed E-state index contributed by atoms with van der Waals surface area (Å²) < 4.78 is 14.9. The van der Waals surface area contributed by atoms with E-state index in [0.717, 1.165) is 35.0 Å². The first kappa shape index (κ1) is 13.6. The molecule has 2 fully saturated rings.